The van der Waals surface area contributed by atoms with Gasteiger partial charge in [0.1, 0.15) is 5.76 Å². The smallest absolute Gasteiger partial charge is 0.251 e. The van der Waals surface area contributed by atoms with E-state index >= 15 is 0 Å². The van der Waals surface area contributed by atoms with Gasteiger partial charge < -0.3 is 15.1 Å². The number of carbonyl (C=O) groups excluding carboxylic acids is 2. The molecule has 106 valence electrons. The van der Waals surface area contributed by atoms with Crippen LogP contribution in [0.2, 0.25) is 0 Å². The molecule has 1 aromatic heterocycles. The van der Waals surface area contributed by atoms with E-state index in [9.17, 15) is 9.59 Å². The lowest BCUT2D eigenvalue weighted by atomic mass is 10.00. The van der Waals surface area contributed by atoms with E-state index in [0.717, 1.165) is 12.0 Å². The summed E-state index contributed by atoms with van der Waals surface area (Å²) in [6, 6.07) is 8.88. The van der Waals surface area contributed by atoms with Crippen LogP contribution in [-0.4, -0.2) is 18.4 Å². The minimum Gasteiger partial charge on any atom is -0.465 e. The Labute approximate surface area is 121 Å². The van der Waals surface area contributed by atoms with Crippen molar-refractivity contribution in [1.29, 1.82) is 0 Å². The number of fused-ring (bicyclic) bond motifs is 1. The summed E-state index contributed by atoms with van der Waals surface area (Å²) in [7, 11) is 0. The zero-order chi connectivity index (χ0) is 14.7. The van der Waals surface area contributed by atoms with Crippen molar-refractivity contribution in [3.63, 3.8) is 0 Å². The van der Waals surface area contributed by atoms with Gasteiger partial charge in [-0.1, -0.05) is 6.07 Å². The first-order valence-electron chi connectivity index (χ1n) is 6.66. The SMILES string of the molecule is O=C(/C=C/c1ccco1)Nc1ccc2c(c1)C(=O)NCC2. The van der Waals surface area contributed by atoms with Crippen molar-refractivity contribution in [2.24, 2.45) is 0 Å². The van der Waals surface area contributed by atoms with E-state index < -0.39 is 0 Å². The highest BCUT2D eigenvalue weighted by Gasteiger charge is 2.16. The van der Waals surface area contributed by atoms with E-state index in [1.807, 2.05) is 6.07 Å². The monoisotopic (exact) mass is 282 g/mol. The predicted molar refractivity (Wildman–Crippen MR) is 78.9 cm³/mol. The van der Waals surface area contributed by atoms with Crippen LogP contribution in [0.4, 0.5) is 5.69 Å². The van der Waals surface area contributed by atoms with Crippen LogP contribution in [0.25, 0.3) is 6.08 Å². The standard InChI is InChI=1S/C16H14N2O3/c19-15(6-5-13-2-1-9-21-13)18-12-4-3-11-7-8-17-16(20)14(11)10-12/h1-6,9-10H,7-8H2,(H,17,20)(H,18,19)/b6-5+. The maximum Gasteiger partial charge on any atom is 0.251 e. The predicted octanol–water partition coefficient (Wildman–Crippen LogP) is 2.22. The van der Waals surface area contributed by atoms with E-state index in [4.69, 9.17) is 4.42 Å². The Hall–Kier alpha value is -2.82. The number of nitrogens with one attached hydrogen (secondary N) is 2. The molecule has 1 aliphatic rings. The molecule has 0 spiro atoms. The largest absolute Gasteiger partial charge is 0.465 e. The van der Waals surface area contributed by atoms with Crippen molar-refractivity contribution >= 4 is 23.6 Å². The third kappa shape index (κ3) is 3.02. The Morgan fingerprint density at radius 3 is 3.05 bits per heavy atom. The number of hydrogen-bond acceptors (Lipinski definition) is 3. The van der Waals surface area contributed by atoms with Gasteiger partial charge in [-0.05, 0) is 42.3 Å². The molecule has 3 rings (SSSR count). The summed E-state index contributed by atoms with van der Waals surface area (Å²) in [5.41, 5.74) is 2.22. The Morgan fingerprint density at radius 1 is 1.33 bits per heavy atom. The highest BCUT2D eigenvalue weighted by atomic mass is 16.3. The summed E-state index contributed by atoms with van der Waals surface area (Å²) in [6.45, 7) is 0.656. The lowest BCUT2D eigenvalue weighted by Crippen LogP contribution is -2.31. The van der Waals surface area contributed by atoms with Crippen molar-refractivity contribution in [2.45, 2.75) is 6.42 Å². The van der Waals surface area contributed by atoms with Gasteiger partial charge >= 0.3 is 0 Å². The second kappa shape index (κ2) is 5.66. The molecule has 2 N–H and O–H groups in total. The third-order valence-corrected chi connectivity index (χ3v) is 3.24. The highest BCUT2D eigenvalue weighted by molar-refractivity contribution is 6.03. The van der Waals surface area contributed by atoms with Crippen molar-refractivity contribution in [2.75, 3.05) is 11.9 Å². The number of benzene rings is 1. The summed E-state index contributed by atoms with van der Waals surface area (Å²) in [5, 5.41) is 5.51. The molecule has 0 saturated carbocycles. The number of rotatable bonds is 3. The van der Waals surface area contributed by atoms with E-state index in [2.05, 4.69) is 10.6 Å². The van der Waals surface area contributed by atoms with Crippen molar-refractivity contribution in [1.82, 2.24) is 5.32 Å². The van der Waals surface area contributed by atoms with Gasteiger partial charge in [0.05, 0.1) is 6.26 Å². The highest BCUT2D eigenvalue weighted by Crippen LogP contribution is 2.19. The number of furan rings is 1. The van der Waals surface area contributed by atoms with Crippen LogP contribution < -0.4 is 10.6 Å². The van der Waals surface area contributed by atoms with Crippen LogP contribution in [0.1, 0.15) is 21.7 Å². The fourth-order valence-electron chi connectivity index (χ4n) is 2.22. The first-order chi connectivity index (χ1) is 10.2. The normalized spacial score (nSPS) is 13.8. The van der Waals surface area contributed by atoms with Crippen molar-refractivity contribution in [3.8, 4) is 0 Å². The van der Waals surface area contributed by atoms with Crippen LogP contribution in [0, 0.1) is 0 Å². The number of amides is 2. The molecular weight excluding hydrogens is 268 g/mol. The molecule has 2 amide bonds. The molecule has 0 saturated heterocycles. The molecule has 0 atom stereocenters. The van der Waals surface area contributed by atoms with E-state index in [1.165, 1.54) is 6.08 Å². The maximum atomic E-state index is 11.8. The maximum absolute atomic E-state index is 11.8. The molecule has 1 aliphatic heterocycles. The Balaban J connectivity index is 1.72. The second-order valence-electron chi connectivity index (χ2n) is 4.72. The molecule has 0 fully saturated rings. The lowest BCUT2D eigenvalue weighted by Gasteiger charge is -2.17. The summed E-state index contributed by atoms with van der Waals surface area (Å²) in [4.78, 5) is 23.6. The molecule has 21 heavy (non-hydrogen) atoms. The lowest BCUT2D eigenvalue weighted by molar-refractivity contribution is -0.111. The summed E-state index contributed by atoms with van der Waals surface area (Å²) in [5.74, 6) is 0.232. The molecule has 0 aliphatic carbocycles. The Morgan fingerprint density at radius 2 is 2.24 bits per heavy atom. The van der Waals surface area contributed by atoms with Crippen LogP contribution in [0.5, 0.6) is 0 Å². The van der Waals surface area contributed by atoms with Gasteiger partial charge in [0, 0.05) is 23.9 Å². The molecular formula is C16H14N2O3. The number of hydrogen-bond donors (Lipinski definition) is 2. The number of carbonyl (C=O) groups is 2. The van der Waals surface area contributed by atoms with Gasteiger partial charge in [0.15, 0.2) is 0 Å². The first-order valence-corrected chi connectivity index (χ1v) is 6.66. The van der Waals surface area contributed by atoms with Gasteiger partial charge in [0.25, 0.3) is 5.91 Å². The molecule has 1 aromatic carbocycles. The van der Waals surface area contributed by atoms with Crippen LogP contribution in [0.15, 0.2) is 47.1 Å². The van der Waals surface area contributed by atoms with Crippen molar-refractivity contribution in [3.05, 3.63) is 59.6 Å². The average Bonchev–Trinajstić information content (AvgIpc) is 2.99. The summed E-state index contributed by atoms with van der Waals surface area (Å²) >= 11 is 0. The molecule has 5 nitrogen and oxygen atoms in total. The minimum absolute atomic E-state index is 0.0986. The fraction of sp³-hybridized carbons (Fsp3) is 0.125. The van der Waals surface area contributed by atoms with Gasteiger partial charge in [-0.2, -0.15) is 0 Å². The first kappa shape index (κ1) is 13.2. The molecule has 0 radical (unpaired) electrons. The zero-order valence-corrected chi connectivity index (χ0v) is 11.3. The molecule has 5 heteroatoms. The van der Waals surface area contributed by atoms with Crippen LogP contribution in [-0.2, 0) is 11.2 Å². The fourth-order valence-corrected chi connectivity index (χ4v) is 2.22. The van der Waals surface area contributed by atoms with Gasteiger partial charge in [-0.15, -0.1) is 0 Å². The topological polar surface area (TPSA) is 71.3 Å². The number of anilines is 1. The molecule has 2 aromatic rings. The molecule has 2 heterocycles. The summed E-state index contributed by atoms with van der Waals surface area (Å²) < 4.78 is 5.10. The quantitative estimate of drug-likeness (QED) is 0.848. The van der Waals surface area contributed by atoms with E-state index in [1.54, 1.807) is 36.6 Å². The molecule has 0 unspecified atom stereocenters. The van der Waals surface area contributed by atoms with Gasteiger partial charge in [-0.25, -0.2) is 0 Å². The Kier molecular flexibility index (Phi) is 3.55. The second-order valence-corrected chi connectivity index (χ2v) is 4.72. The van der Waals surface area contributed by atoms with Crippen LogP contribution >= 0.6 is 0 Å². The van der Waals surface area contributed by atoms with Gasteiger partial charge in [0.2, 0.25) is 5.91 Å². The third-order valence-electron chi connectivity index (χ3n) is 3.24. The average molecular weight is 282 g/mol. The summed E-state index contributed by atoms with van der Waals surface area (Å²) in [6.07, 6.45) is 5.33. The van der Waals surface area contributed by atoms with Crippen molar-refractivity contribution < 1.29 is 14.0 Å². The molecule has 0 bridgehead atoms. The van der Waals surface area contributed by atoms with E-state index in [0.29, 0.717) is 23.6 Å². The van der Waals surface area contributed by atoms with Crippen LogP contribution in [0.3, 0.4) is 0 Å². The minimum atomic E-state index is -0.275. The Bertz CT molecular complexity index is 702. The zero-order valence-electron chi connectivity index (χ0n) is 11.3. The van der Waals surface area contributed by atoms with Gasteiger partial charge in [-0.3, -0.25) is 9.59 Å². The van der Waals surface area contributed by atoms with E-state index in [-0.39, 0.29) is 11.8 Å².